The van der Waals surface area contributed by atoms with Crippen LogP contribution in [0.5, 0.6) is 11.5 Å². The van der Waals surface area contributed by atoms with E-state index < -0.39 is 0 Å². The van der Waals surface area contributed by atoms with Crippen LogP contribution in [-0.4, -0.2) is 42.8 Å². The summed E-state index contributed by atoms with van der Waals surface area (Å²) in [7, 11) is 3.16. The Hall–Kier alpha value is -3.78. The number of pyridine rings is 2. The summed E-state index contributed by atoms with van der Waals surface area (Å²) in [6.07, 6.45) is 5.97. The van der Waals surface area contributed by atoms with Crippen molar-refractivity contribution in [2.45, 2.75) is 18.9 Å². The highest BCUT2D eigenvalue weighted by Gasteiger charge is 2.34. The highest BCUT2D eigenvalue weighted by molar-refractivity contribution is 6.01. The van der Waals surface area contributed by atoms with Gasteiger partial charge in [0.05, 0.1) is 26.1 Å². The number of benzene rings is 1. The number of nitrogens with one attached hydrogen (secondary N) is 1. The van der Waals surface area contributed by atoms with Crippen molar-refractivity contribution in [1.29, 1.82) is 0 Å². The first-order chi connectivity index (χ1) is 17.0. The van der Waals surface area contributed by atoms with Gasteiger partial charge in [0.25, 0.3) is 5.56 Å². The van der Waals surface area contributed by atoms with Gasteiger partial charge in [-0.25, -0.2) is 4.98 Å². The Balaban J connectivity index is 0.00000304. The van der Waals surface area contributed by atoms with Crippen molar-refractivity contribution in [1.82, 2.24) is 9.55 Å². The Labute approximate surface area is 216 Å². The van der Waals surface area contributed by atoms with Gasteiger partial charge in [0, 0.05) is 43.4 Å². The number of carbonyl (C=O) groups is 1. The molecule has 8 nitrogen and oxygen atoms in total. The van der Waals surface area contributed by atoms with Crippen molar-refractivity contribution in [2.75, 3.05) is 37.5 Å². The second-order valence-electron chi connectivity index (χ2n) is 8.95. The van der Waals surface area contributed by atoms with Crippen molar-refractivity contribution in [2.24, 2.45) is 5.92 Å². The highest BCUT2D eigenvalue weighted by atomic mass is 35.5. The second-order valence-corrected chi connectivity index (χ2v) is 8.95. The summed E-state index contributed by atoms with van der Waals surface area (Å²) < 4.78 is 12.5. The van der Waals surface area contributed by atoms with E-state index in [0.717, 1.165) is 43.1 Å². The summed E-state index contributed by atoms with van der Waals surface area (Å²) in [5, 5.41) is 2.85. The lowest BCUT2D eigenvalue weighted by Crippen LogP contribution is -2.47. The predicted molar refractivity (Wildman–Crippen MR) is 142 cm³/mol. The molecule has 1 fully saturated rings. The van der Waals surface area contributed by atoms with Crippen LogP contribution in [-0.2, 0) is 11.3 Å². The topological polar surface area (TPSA) is 85.7 Å². The maximum Gasteiger partial charge on any atom is 0.250 e. The van der Waals surface area contributed by atoms with Gasteiger partial charge in [0.1, 0.15) is 5.82 Å². The van der Waals surface area contributed by atoms with Crippen LogP contribution in [0.15, 0.2) is 65.6 Å². The summed E-state index contributed by atoms with van der Waals surface area (Å²) in [5.74, 6) is 2.61. The smallest absolute Gasteiger partial charge is 0.250 e. The molecular weight excluding hydrogens is 480 g/mol. The largest absolute Gasteiger partial charge is 0.493 e. The number of aromatic nitrogens is 2. The molecule has 4 heterocycles. The molecule has 2 aliphatic rings. The quantitative estimate of drug-likeness (QED) is 0.507. The molecule has 2 bridgehead atoms. The van der Waals surface area contributed by atoms with E-state index in [4.69, 9.17) is 9.47 Å². The van der Waals surface area contributed by atoms with Gasteiger partial charge in [-0.1, -0.05) is 12.1 Å². The van der Waals surface area contributed by atoms with Crippen LogP contribution in [0.25, 0.3) is 6.08 Å². The van der Waals surface area contributed by atoms with Crippen LogP contribution >= 0.6 is 12.4 Å². The Bertz CT molecular complexity index is 1320. The van der Waals surface area contributed by atoms with E-state index in [0.29, 0.717) is 29.0 Å². The molecule has 0 saturated carbocycles. The van der Waals surface area contributed by atoms with Crippen molar-refractivity contribution < 1.29 is 14.3 Å². The van der Waals surface area contributed by atoms with Gasteiger partial charge in [-0.3, -0.25) is 9.59 Å². The fraction of sp³-hybridized carbons (Fsp3) is 0.296. The van der Waals surface area contributed by atoms with Gasteiger partial charge in [-0.2, -0.15) is 0 Å². The van der Waals surface area contributed by atoms with Gasteiger partial charge < -0.3 is 24.3 Å². The molecule has 1 aromatic carbocycles. The van der Waals surface area contributed by atoms with Crippen LogP contribution in [0.2, 0.25) is 0 Å². The van der Waals surface area contributed by atoms with Crippen LogP contribution in [0, 0.1) is 5.92 Å². The second kappa shape index (κ2) is 10.9. The summed E-state index contributed by atoms with van der Waals surface area (Å²) in [6, 6.07) is 14.8. The summed E-state index contributed by atoms with van der Waals surface area (Å²) in [6.45, 7) is 2.44. The number of methoxy groups -OCH3 is 2. The van der Waals surface area contributed by atoms with E-state index in [-0.39, 0.29) is 23.9 Å². The average molecular weight is 509 g/mol. The normalized spacial score (nSPS) is 18.2. The van der Waals surface area contributed by atoms with Gasteiger partial charge in [-0.15, -0.1) is 12.4 Å². The highest BCUT2D eigenvalue weighted by Crippen LogP contribution is 2.36. The summed E-state index contributed by atoms with van der Waals surface area (Å²) in [5.41, 5.74) is 2.66. The van der Waals surface area contributed by atoms with E-state index in [1.807, 2.05) is 34.9 Å². The molecule has 0 unspecified atom stereocenters. The zero-order valence-electron chi connectivity index (χ0n) is 20.2. The lowest BCUT2D eigenvalue weighted by atomic mass is 9.83. The summed E-state index contributed by atoms with van der Waals surface area (Å²) in [4.78, 5) is 31.5. The number of nitrogens with zero attached hydrogens (tertiary/aromatic N) is 3. The maximum atomic E-state index is 12.4. The molecule has 36 heavy (non-hydrogen) atoms. The van der Waals surface area contributed by atoms with Crippen molar-refractivity contribution in [3.63, 3.8) is 0 Å². The first kappa shape index (κ1) is 25.3. The molecular formula is C27H29ClN4O4. The summed E-state index contributed by atoms with van der Waals surface area (Å²) >= 11 is 0. The van der Waals surface area contributed by atoms with E-state index in [2.05, 4.69) is 21.3 Å². The van der Waals surface area contributed by atoms with Crippen LogP contribution in [0.3, 0.4) is 0 Å². The lowest BCUT2D eigenvalue weighted by molar-refractivity contribution is -0.111. The van der Waals surface area contributed by atoms with Crippen LogP contribution in [0.1, 0.15) is 23.6 Å². The zero-order chi connectivity index (χ0) is 24.4. The molecule has 0 spiro atoms. The first-order valence-electron chi connectivity index (χ1n) is 11.7. The third-order valence-corrected chi connectivity index (χ3v) is 6.65. The monoisotopic (exact) mass is 508 g/mol. The van der Waals surface area contributed by atoms with Gasteiger partial charge in [-0.05, 0) is 54.3 Å². The number of amides is 1. The van der Waals surface area contributed by atoms with Crippen LogP contribution < -0.4 is 25.2 Å². The molecule has 2 aliphatic heterocycles. The number of ether oxygens (including phenoxy) is 2. The SMILES string of the molecule is COc1ccc(/C=C/C(=O)Nc2ccc(N3C[C@H]4C[C@@H](C3)c3cccc(=O)n3C4)nc2)cc1OC.Cl. The Morgan fingerprint density at radius 2 is 1.89 bits per heavy atom. The molecule has 0 radical (unpaired) electrons. The van der Waals surface area contributed by atoms with E-state index in [1.165, 1.54) is 6.08 Å². The minimum Gasteiger partial charge on any atom is -0.493 e. The molecule has 2 aromatic heterocycles. The number of hydrogen-bond donors (Lipinski definition) is 1. The number of carbonyl (C=O) groups excluding carboxylic acids is 1. The zero-order valence-corrected chi connectivity index (χ0v) is 21.0. The van der Waals surface area contributed by atoms with Gasteiger partial charge in [0.15, 0.2) is 11.5 Å². The molecule has 9 heteroatoms. The number of rotatable bonds is 6. The number of hydrogen-bond acceptors (Lipinski definition) is 6. The van der Waals surface area contributed by atoms with Crippen molar-refractivity contribution >= 4 is 35.9 Å². The van der Waals surface area contributed by atoms with Crippen molar-refractivity contribution in [3.8, 4) is 11.5 Å². The van der Waals surface area contributed by atoms with Crippen molar-refractivity contribution in [3.05, 3.63) is 82.4 Å². The van der Waals surface area contributed by atoms with E-state index in [9.17, 15) is 9.59 Å². The number of piperidine rings is 1. The van der Waals surface area contributed by atoms with E-state index in [1.54, 1.807) is 38.6 Å². The first-order valence-corrected chi connectivity index (χ1v) is 11.7. The molecule has 3 aromatic rings. The molecule has 2 atom stereocenters. The Morgan fingerprint density at radius 1 is 1.06 bits per heavy atom. The molecule has 1 N–H and O–H groups in total. The number of fused-ring (bicyclic) bond motifs is 4. The third kappa shape index (κ3) is 5.23. The minimum absolute atomic E-state index is 0. The molecule has 1 saturated heterocycles. The third-order valence-electron chi connectivity index (χ3n) is 6.65. The molecule has 0 aliphatic carbocycles. The predicted octanol–water partition coefficient (Wildman–Crippen LogP) is 3.96. The molecule has 5 rings (SSSR count). The van der Waals surface area contributed by atoms with Gasteiger partial charge in [0.2, 0.25) is 5.91 Å². The Kier molecular flexibility index (Phi) is 7.64. The van der Waals surface area contributed by atoms with E-state index >= 15 is 0 Å². The fourth-order valence-corrected chi connectivity index (χ4v) is 5.04. The minimum atomic E-state index is -0.246. The van der Waals surface area contributed by atoms with Gasteiger partial charge >= 0.3 is 0 Å². The average Bonchev–Trinajstić information content (AvgIpc) is 2.88. The lowest BCUT2D eigenvalue weighted by Gasteiger charge is -2.43. The maximum absolute atomic E-state index is 12.4. The fourth-order valence-electron chi connectivity index (χ4n) is 5.04. The molecule has 1 amide bonds. The number of halogens is 1. The standard InChI is InChI=1S/C27H28N4O4.ClH/c1-34-23-9-6-18(13-24(23)35-2)7-11-26(32)29-21-8-10-25(28-14-21)30-15-19-12-20(17-30)22-4-3-5-27(33)31(22)16-19;/h3-11,13-14,19-20H,12,15-17H2,1-2H3,(H,29,32);1H/b11-7+;/t19-,20+;/m1./s1. The Morgan fingerprint density at radius 3 is 2.64 bits per heavy atom. The molecule has 188 valence electrons. The number of anilines is 2. The van der Waals surface area contributed by atoms with Crippen LogP contribution in [0.4, 0.5) is 11.5 Å².